The van der Waals surface area contributed by atoms with Crippen LogP contribution in [-0.2, 0) is 14.3 Å². The molecule has 1 N–H and O–H groups in total. The van der Waals surface area contributed by atoms with Crippen LogP contribution in [0.1, 0.15) is 45.4 Å². The molecular formula is C14H27NO4S. The van der Waals surface area contributed by atoms with Gasteiger partial charge in [-0.25, -0.2) is 9.59 Å². The normalized spacial score (nSPS) is 11.8. The number of esters is 1. The number of rotatable bonds is 11. The van der Waals surface area contributed by atoms with E-state index in [1.807, 2.05) is 6.26 Å². The lowest BCUT2D eigenvalue weighted by atomic mass is 10.2. The Labute approximate surface area is 126 Å². The summed E-state index contributed by atoms with van der Waals surface area (Å²) in [5, 5.41) is 2.51. The minimum absolute atomic E-state index is 0.375. The van der Waals surface area contributed by atoms with Crippen molar-refractivity contribution in [2.24, 2.45) is 0 Å². The first-order valence-corrected chi connectivity index (χ1v) is 8.55. The molecule has 0 aromatic rings. The predicted octanol–water partition coefficient (Wildman–Crippen LogP) is 2.98. The Morgan fingerprint density at radius 3 is 2.50 bits per heavy atom. The van der Waals surface area contributed by atoms with Crippen LogP contribution in [0.5, 0.6) is 0 Å². The molecule has 0 saturated heterocycles. The number of unbranched alkanes of at least 4 members (excludes halogenated alkanes) is 4. The molecule has 20 heavy (non-hydrogen) atoms. The first-order chi connectivity index (χ1) is 9.65. The number of hydrogen-bond acceptors (Lipinski definition) is 5. The molecule has 0 bridgehead atoms. The van der Waals surface area contributed by atoms with Crippen LogP contribution in [0.25, 0.3) is 0 Å². The van der Waals surface area contributed by atoms with Gasteiger partial charge in [-0.05, 0) is 24.9 Å². The van der Waals surface area contributed by atoms with E-state index in [1.165, 1.54) is 26.4 Å². The smallest absolute Gasteiger partial charge is 0.407 e. The van der Waals surface area contributed by atoms with Crippen LogP contribution >= 0.6 is 11.8 Å². The fourth-order valence-electron chi connectivity index (χ4n) is 1.66. The molecule has 1 atom stereocenters. The van der Waals surface area contributed by atoms with Gasteiger partial charge >= 0.3 is 12.1 Å². The minimum atomic E-state index is -0.620. The summed E-state index contributed by atoms with van der Waals surface area (Å²) >= 11 is 1.62. The molecule has 0 aromatic carbocycles. The largest absolute Gasteiger partial charge is 0.464 e. The van der Waals surface area contributed by atoms with Crippen molar-refractivity contribution in [3.05, 3.63) is 0 Å². The topological polar surface area (TPSA) is 64.6 Å². The molecule has 0 radical (unpaired) electrons. The third kappa shape index (κ3) is 9.95. The van der Waals surface area contributed by atoms with Crippen LogP contribution in [0.15, 0.2) is 0 Å². The Morgan fingerprint density at radius 1 is 1.20 bits per heavy atom. The highest BCUT2D eigenvalue weighted by atomic mass is 32.2. The van der Waals surface area contributed by atoms with Gasteiger partial charge in [-0.15, -0.1) is 0 Å². The van der Waals surface area contributed by atoms with Crippen LogP contribution in [0.3, 0.4) is 0 Å². The number of carbonyl (C=O) groups excluding carboxylic acids is 2. The molecule has 0 saturated carbocycles. The summed E-state index contributed by atoms with van der Waals surface area (Å²) in [5.41, 5.74) is 0. The van der Waals surface area contributed by atoms with Gasteiger partial charge in [0.15, 0.2) is 0 Å². The number of nitrogens with one attached hydrogen (secondary N) is 1. The molecular weight excluding hydrogens is 278 g/mol. The van der Waals surface area contributed by atoms with Crippen molar-refractivity contribution < 1.29 is 19.1 Å². The lowest BCUT2D eigenvalue weighted by Crippen LogP contribution is -2.42. The molecule has 0 aliphatic rings. The second kappa shape index (κ2) is 13.1. The van der Waals surface area contributed by atoms with Crippen LogP contribution in [-0.4, -0.2) is 43.8 Å². The highest BCUT2D eigenvalue weighted by Crippen LogP contribution is 2.06. The Bertz CT molecular complexity index is 274. The highest BCUT2D eigenvalue weighted by molar-refractivity contribution is 7.98. The van der Waals surface area contributed by atoms with Gasteiger partial charge in [0.05, 0.1) is 13.7 Å². The quantitative estimate of drug-likeness (QED) is 0.469. The molecule has 6 heteroatoms. The fraction of sp³-hybridized carbons (Fsp3) is 0.857. The summed E-state index contributed by atoms with van der Waals surface area (Å²) in [7, 11) is 1.28. The van der Waals surface area contributed by atoms with E-state index in [2.05, 4.69) is 17.0 Å². The summed E-state index contributed by atoms with van der Waals surface area (Å²) < 4.78 is 9.72. The van der Waals surface area contributed by atoms with Gasteiger partial charge in [-0.2, -0.15) is 11.8 Å². The zero-order valence-corrected chi connectivity index (χ0v) is 13.6. The van der Waals surface area contributed by atoms with Crippen molar-refractivity contribution in [2.75, 3.05) is 25.7 Å². The highest BCUT2D eigenvalue weighted by Gasteiger charge is 2.21. The second-order valence-electron chi connectivity index (χ2n) is 4.55. The van der Waals surface area contributed by atoms with Gasteiger partial charge in [0, 0.05) is 0 Å². The van der Waals surface area contributed by atoms with Crippen LogP contribution < -0.4 is 5.32 Å². The zero-order valence-electron chi connectivity index (χ0n) is 12.8. The first-order valence-electron chi connectivity index (χ1n) is 7.15. The average Bonchev–Trinajstić information content (AvgIpc) is 2.46. The summed E-state index contributed by atoms with van der Waals surface area (Å²) in [6.45, 7) is 2.58. The van der Waals surface area contributed by atoms with Gasteiger partial charge in [0.2, 0.25) is 0 Å². The van der Waals surface area contributed by atoms with Crippen molar-refractivity contribution in [3.8, 4) is 0 Å². The van der Waals surface area contributed by atoms with E-state index < -0.39 is 12.1 Å². The lowest BCUT2D eigenvalue weighted by Gasteiger charge is -2.16. The number of thioether (sulfide) groups is 1. The van der Waals surface area contributed by atoms with E-state index in [0.29, 0.717) is 13.0 Å². The molecule has 0 heterocycles. The Kier molecular flexibility index (Phi) is 12.5. The summed E-state index contributed by atoms with van der Waals surface area (Å²) in [6, 6.07) is -0.620. The van der Waals surface area contributed by atoms with Gasteiger partial charge in [0.25, 0.3) is 0 Å². The zero-order chi connectivity index (χ0) is 15.2. The van der Waals surface area contributed by atoms with Crippen molar-refractivity contribution in [2.45, 2.75) is 51.5 Å². The summed E-state index contributed by atoms with van der Waals surface area (Å²) in [5.74, 6) is 0.403. The van der Waals surface area contributed by atoms with Gasteiger partial charge < -0.3 is 14.8 Å². The number of ether oxygens (including phenoxy) is 2. The van der Waals surface area contributed by atoms with Crippen molar-refractivity contribution in [1.82, 2.24) is 5.32 Å². The van der Waals surface area contributed by atoms with E-state index >= 15 is 0 Å². The van der Waals surface area contributed by atoms with Crippen molar-refractivity contribution in [1.29, 1.82) is 0 Å². The maximum absolute atomic E-state index is 11.9. The SMILES string of the molecule is CCCCCCCOC(=O)C(CCSC)NC(=O)OC. The minimum Gasteiger partial charge on any atom is -0.464 e. The van der Waals surface area contributed by atoms with Gasteiger partial charge in [0.1, 0.15) is 6.04 Å². The molecule has 0 aliphatic heterocycles. The third-order valence-electron chi connectivity index (χ3n) is 2.86. The molecule has 0 spiro atoms. The summed E-state index contributed by atoms with van der Waals surface area (Å²) in [6.07, 6.45) is 7.42. The lowest BCUT2D eigenvalue weighted by molar-refractivity contribution is -0.146. The molecule has 0 rings (SSSR count). The third-order valence-corrected chi connectivity index (χ3v) is 3.51. The Balaban J connectivity index is 3.96. The Hall–Kier alpha value is -0.910. The van der Waals surface area contributed by atoms with E-state index in [0.717, 1.165) is 18.6 Å². The monoisotopic (exact) mass is 305 g/mol. The van der Waals surface area contributed by atoms with Crippen LogP contribution in [0.4, 0.5) is 4.79 Å². The molecule has 0 aliphatic carbocycles. The maximum Gasteiger partial charge on any atom is 0.407 e. The van der Waals surface area contributed by atoms with E-state index in [1.54, 1.807) is 11.8 Å². The number of carbonyl (C=O) groups is 2. The molecule has 118 valence electrons. The van der Waals surface area contributed by atoms with Crippen molar-refractivity contribution in [3.63, 3.8) is 0 Å². The predicted molar refractivity (Wildman–Crippen MR) is 82.0 cm³/mol. The van der Waals surface area contributed by atoms with Gasteiger partial charge in [-0.1, -0.05) is 32.6 Å². The van der Waals surface area contributed by atoms with Crippen molar-refractivity contribution >= 4 is 23.8 Å². The fourth-order valence-corrected chi connectivity index (χ4v) is 2.14. The average molecular weight is 305 g/mol. The first kappa shape index (κ1) is 19.1. The molecule has 0 aromatic heterocycles. The molecule has 5 nitrogen and oxygen atoms in total. The van der Waals surface area contributed by atoms with Crippen LogP contribution in [0, 0.1) is 0 Å². The van der Waals surface area contributed by atoms with Gasteiger partial charge in [-0.3, -0.25) is 0 Å². The molecule has 0 fully saturated rings. The number of methoxy groups -OCH3 is 1. The van der Waals surface area contributed by atoms with E-state index in [4.69, 9.17) is 4.74 Å². The number of alkyl carbamates (subject to hydrolysis) is 1. The van der Waals surface area contributed by atoms with Crippen LogP contribution in [0.2, 0.25) is 0 Å². The Morgan fingerprint density at radius 2 is 1.90 bits per heavy atom. The standard InChI is InChI=1S/C14H27NO4S/c1-4-5-6-7-8-10-19-13(16)12(9-11-20-3)15-14(17)18-2/h12H,4-11H2,1-3H3,(H,15,17). The number of amides is 1. The number of hydrogen-bond donors (Lipinski definition) is 1. The maximum atomic E-state index is 11.9. The molecule has 1 unspecified atom stereocenters. The van der Waals surface area contributed by atoms with E-state index in [9.17, 15) is 9.59 Å². The van der Waals surface area contributed by atoms with E-state index in [-0.39, 0.29) is 5.97 Å². The summed E-state index contributed by atoms with van der Waals surface area (Å²) in [4.78, 5) is 23.1. The second-order valence-corrected chi connectivity index (χ2v) is 5.54. The molecule has 1 amide bonds.